The summed E-state index contributed by atoms with van der Waals surface area (Å²) in [6.45, 7) is 0. The highest BCUT2D eigenvalue weighted by molar-refractivity contribution is 6.11. The van der Waals surface area contributed by atoms with Crippen LogP contribution in [-0.2, 0) is 0 Å². The highest BCUT2D eigenvalue weighted by Crippen LogP contribution is 2.42. The molecule has 7 aromatic carbocycles. The fourth-order valence-electron chi connectivity index (χ4n) is 7.70. The number of hydrogen-bond acceptors (Lipinski definition) is 7. The molecule has 0 amide bonds. The predicted octanol–water partition coefficient (Wildman–Crippen LogP) is 12.5. The number of furan rings is 2. The van der Waals surface area contributed by atoms with Crippen molar-refractivity contribution in [2.75, 3.05) is 0 Å². The molecule has 0 atom stereocenters. The largest absolute Gasteiger partial charge is 0.455 e. The lowest BCUT2D eigenvalue weighted by Crippen LogP contribution is -1.97. The van der Waals surface area contributed by atoms with E-state index in [4.69, 9.17) is 18.8 Å². The van der Waals surface area contributed by atoms with E-state index in [1.807, 2.05) is 78.9 Å². The first kappa shape index (κ1) is 31.7. The number of rotatable bonds is 6. The van der Waals surface area contributed by atoms with Crippen molar-refractivity contribution in [3.05, 3.63) is 176 Å². The van der Waals surface area contributed by atoms with E-state index in [-0.39, 0.29) is 0 Å². The van der Waals surface area contributed by atoms with Gasteiger partial charge in [0, 0.05) is 54.9 Å². The Bertz CT molecular complexity index is 3130. The van der Waals surface area contributed by atoms with Crippen LogP contribution in [0, 0.1) is 0 Å². The molecule has 56 heavy (non-hydrogen) atoms. The average Bonchev–Trinajstić information content (AvgIpc) is 3.86. The van der Waals surface area contributed by atoms with Gasteiger partial charge in [0.2, 0.25) is 0 Å². The minimum absolute atomic E-state index is 0.582. The molecule has 0 aliphatic rings. The van der Waals surface area contributed by atoms with Gasteiger partial charge in [-0.15, -0.1) is 0 Å². The Kier molecular flexibility index (Phi) is 7.35. The molecular weight excluding hydrogens is 691 g/mol. The van der Waals surface area contributed by atoms with Gasteiger partial charge in [-0.1, -0.05) is 121 Å². The van der Waals surface area contributed by atoms with E-state index < -0.39 is 0 Å². The van der Waals surface area contributed by atoms with Gasteiger partial charge in [-0.25, -0.2) is 24.9 Å². The van der Waals surface area contributed by atoms with E-state index in [9.17, 15) is 0 Å². The third-order valence-electron chi connectivity index (χ3n) is 10.3. The quantitative estimate of drug-likeness (QED) is 0.169. The first-order chi connectivity index (χ1) is 27.7. The fraction of sp³-hybridized carbons (Fsp3) is 0. The summed E-state index contributed by atoms with van der Waals surface area (Å²) in [7, 11) is 0. The number of para-hydroxylation sites is 4. The van der Waals surface area contributed by atoms with Crippen LogP contribution in [0.15, 0.2) is 185 Å². The monoisotopic (exact) mass is 719 g/mol. The van der Waals surface area contributed by atoms with Crippen molar-refractivity contribution < 1.29 is 8.83 Å². The number of nitrogens with zero attached hydrogens (tertiary/aromatic N) is 5. The third kappa shape index (κ3) is 5.41. The van der Waals surface area contributed by atoms with Crippen molar-refractivity contribution in [1.29, 1.82) is 0 Å². The average molecular weight is 720 g/mol. The summed E-state index contributed by atoms with van der Waals surface area (Å²) in [6.07, 6.45) is 3.00. The number of hydrogen-bond donors (Lipinski definition) is 0. The van der Waals surface area contributed by atoms with Gasteiger partial charge in [-0.3, -0.25) is 0 Å². The van der Waals surface area contributed by atoms with Crippen molar-refractivity contribution in [3.63, 3.8) is 0 Å². The summed E-state index contributed by atoms with van der Waals surface area (Å²) < 4.78 is 13.2. The maximum Gasteiger partial charge on any atom is 0.162 e. The Morgan fingerprint density at radius 3 is 1.43 bits per heavy atom. The van der Waals surface area contributed by atoms with Crippen molar-refractivity contribution in [2.45, 2.75) is 0 Å². The first-order valence-electron chi connectivity index (χ1n) is 18.4. The van der Waals surface area contributed by atoms with Crippen LogP contribution in [0.4, 0.5) is 0 Å². The van der Waals surface area contributed by atoms with Crippen molar-refractivity contribution in [3.8, 4) is 67.5 Å². The first-order valence-corrected chi connectivity index (χ1v) is 18.4. The zero-order valence-electron chi connectivity index (χ0n) is 29.8. The van der Waals surface area contributed by atoms with Crippen LogP contribution >= 0.6 is 0 Å². The molecule has 262 valence electrons. The molecule has 0 saturated heterocycles. The molecule has 0 bridgehead atoms. The maximum absolute atomic E-state index is 6.58. The molecule has 4 aromatic heterocycles. The van der Waals surface area contributed by atoms with Crippen LogP contribution in [0.2, 0.25) is 0 Å². The van der Waals surface area contributed by atoms with Crippen LogP contribution in [0.3, 0.4) is 0 Å². The SMILES string of the molecule is c1ccc(-c2cc(-c3cc(-c4cccc5c4oc4ccccc45)cc(-c4cccc5c4oc4ccccc45)c3)nc(-c3cccc(-c4ncncn4)c3)n2)cc1. The molecule has 0 fully saturated rings. The highest BCUT2D eigenvalue weighted by Gasteiger charge is 2.19. The molecule has 4 heterocycles. The Morgan fingerprint density at radius 1 is 0.339 bits per heavy atom. The van der Waals surface area contributed by atoms with Gasteiger partial charge in [0.1, 0.15) is 35.0 Å². The topological polar surface area (TPSA) is 90.7 Å². The van der Waals surface area contributed by atoms with E-state index in [0.717, 1.165) is 99.8 Å². The molecule has 0 saturated carbocycles. The van der Waals surface area contributed by atoms with Gasteiger partial charge >= 0.3 is 0 Å². The van der Waals surface area contributed by atoms with Gasteiger partial charge < -0.3 is 8.83 Å². The second kappa shape index (κ2) is 13.0. The van der Waals surface area contributed by atoms with Gasteiger partial charge in [0.25, 0.3) is 0 Å². The molecule has 0 spiro atoms. The minimum Gasteiger partial charge on any atom is -0.455 e. The van der Waals surface area contributed by atoms with Gasteiger partial charge in [0.05, 0.1) is 11.4 Å². The van der Waals surface area contributed by atoms with Crippen molar-refractivity contribution in [2.24, 2.45) is 0 Å². The van der Waals surface area contributed by atoms with Crippen molar-refractivity contribution in [1.82, 2.24) is 24.9 Å². The normalized spacial score (nSPS) is 11.6. The van der Waals surface area contributed by atoms with Gasteiger partial charge in [0.15, 0.2) is 11.6 Å². The molecule has 0 aliphatic carbocycles. The van der Waals surface area contributed by atoms with E-state index in [2.05, 4.69) is 99.9 Å². The molecule has 7 heteroatoms. The Balaban J connectivity index is 1.17. The summed E-state index contributed by atoms with van der Waals surface area (Å²) in [6, 6.07) is 56.0. The Morgan fingerprint density at radius 2 is 0.804 bits per heavy atom. The molecule has 0 N–H and O–H groups in total. The minimum atomic E-state index is 0.582. The smallest absolute Gasteiger partial charge is 0.162 e. The Hall–Kier alpha value is -7.77. The molecule has 11 aromatic rings. The van der Waals surface area contributed by atoms with Crippen LogP contribution in [0.25, 0.3) is 111 Å². The zero-order valence-corrected chi connectivity index (χ0v) is 29.8. The number of benzene rings is 7. The summed E-state index contributed by atoms with van der Waals surface area (Å²) >= 11 is 0. The summed E-state index contributed by atoms with van der Waals surface area (Å²) in [5.74, 6) is 1.17. The Labute approximate surface area is 320 Å². The molecule has 0 unspecified atom stereocenters. The third-order valence-corrected chi connectivity index (χ3v) is 10.3. The lowest BCUT2D eigenvalue weighted by Gasteiger charge is -2.14. The molecule has 0 aliphatic heterocycles. The lowest BCUT2D eigenvalue weighted by molar-refractivity contribution is 0.670. The molecular formula is C49H29N5O2. The second-order valence-electron chi connectivity index (χ2n) is 13.7. The van der Waals surface area contributed by atoms with Crippen LogP contribution in [-0.4, -0.2) is 24.9 Å². The summed E-state index contributed by atoms with van der Waals surface area (Å²) in [4.78, 5) is 23.2. The van der Waals surface area contributed by atoms with E-state index in [0.29, 0.717) is 11.6 Å². The van der Waals surface area contributed by atoms with E-state index in [1.54, 1.807) is 0 Å². The van der Waals surface area contributed by atoms with Crippen LogP contribution < -0.4 is 0 Å². The number of fused-ring (bicyclic) bond motifs is 6. The fourth-order valence-corrected chi connectivity index (χ4v) is 7.70. The number of aromatic nitrogens is 5. The van der Waals surface area contributed by atoms with E-state index >= 15 is 0 Å². The molecule has 0 radical (unpaired) electrons. The lowest BCUT2D eigenvalue weighted by atomic mass is 9.93. The highest BCUT2D eigenvalue weighted by atomic mass is 16.3. The molecule has 11 rings (SSSR count). The standard InChI is InChI=1S/C49H29N5O2/c1-2-11-30(12-3-1)42-27-43(54-49(53-42)32-14-8-13-31(23-32)48-51-28-50-29-52-48)35-25-33(36-17-9-19-40-38-15-4-6-21-44(38)55-46(36)40)24-34(26-35)37-18-10-20-41-39-16-5-7-22-45(39)56-47(37)41/h1-29H. The van der Waals surface area contributed by atoms with Crippen molar-refractivity contribution >= 4 is 43.9 Å². The van der Waals surface area contributed by atoms with E-state index in [1.165, 1.54) is 12.7 Å². The van der Waals surface area contributed by atoms with Crippen LogP contribution in [0.1, 0.15) is 0 Å². The van der Waals surface area contributed by atoms with Gasteiger partial charge in [-0.05, 0) is 53.6 Å². The molecule has 7 nitrogen and oxygen atoms in total. The second-order valence-corrected chi connectivity index (χ2v) is 13.7. The summed E-state index contributed by atoms with van der Waals surface area (Å²) in [5, 5.41) is 4.30. The summed E-state index contributed by atoms with van der Waals surface area (Å²) in [5.41, 5.74) is 12.5. The predicted molar refractivity (Wildman–Crippen MR) is 223 cm³/mol. The maximum atomic E-state index is 6.58. The zero-order chi connectivity index (χ0) is 37.0. The van der Waals surface area contributed by atoms with Crippen LogP contribution in [0.5, 0.6) is 0 Å². The van der Waals surface area contributed by atoms with Gasteiger partial charge in [-0.2, -0.15) is 0 Å².